The highest BCUT2D eigenvalue weighted by molar-refractivity contribution is 5.68. The Bertz CT molecular complexity index is 586. The van der Waals surface area contributed by atoms with Gasteiger partial charge in [0, 0.05) is 6.04 Å². The van der Waals surface area contributed by atoms with Gasteiger partial charge in [0.1, 0.15) is 0 Å². The van der Waals surface area contributed by atoms with E-state index in [1.54, 1.807) is 4.90 Å². The van der Waals surface area contributed by atoms with Crippen LogP contribution < -0.4 is 0 Å². The minimum Gasteiger partial charge on any atom is -0.453 e. The van der Waals surface area contributed by atoms with Crippen molar-refractivity contribution in [3.8, 4) is 0 Å². The number of rotatable bonds is 2. The van der Waals surface area contributed by atoms with Gasteiger partial charge in [0.05, 0.1) is 19.3 Å². The van der Waals surface area contributed by atoms with E-state index in [4.69, 9.17) is 4.74 Å². The van der Waals surface area contributed by atoms with Crippen molar-refractivity contribution in [1.29, 1.82) is 0 Å². The molecule has 1 aromatic carbocycles. The molecule has 5 atom stereocenters. The Kier molecular flexibility index (Phi) is 5.24. The van der Waals surface area contributed by atoms with E-state index in [0.29, 0.717) is 11.8 Å². The minimum absolute atomic E-state index is 0.162. The first kappa shape index (κ1) is 17.0. The number of ether oxygens (including phenoxy) is 1. The van der Waals surface area contributed by atoms with Crippen LogP contribution in [0.1, 0.15) is 38.2 Å². The van der Waals surface area contributed by atoms with Gasteiger partial charge in [-0.2, -0.15) is 0 Å². The number of hydrogen-bond donors (Lipinski definition) is 1. The molecule has 3 rings (SSSR count). The number of carbonyl (C=O) groups excluding carboxylic acids is 1. The number of carbonyl (C=O) groups is 1. The molecule has 0 spiro atoms. The van der Waals surface area contributed by atoms with E-state index in [2.05, 4.69) is 24.3 Å². The molecule has 2 fully saturated rings. The molecule has 1 N–H and O–H groups in total. The second kappa shape index (κ2) is 7.39. The molecule has 1 aromatic rings. The number of aliphatic hydroxyl groups is 1. The predicted octanol–water partition coefficient (Wildman–Crippen LogP) is 3.71. The van der Waals surface area contributed by atoms with Gasteiger partial charge in [-0.05, 0) is 43.6 Å². The normalized spacial score (nSPS) is 33.3. The Morgan fingerprint density at radius 2 is 2.04 bits per heavy atom. The molecule has 1 aliphatic carbocycles. The number of allylic oxidation sites excluding steroid dienone is 1. The van der Waals surface area contributed by atoms with Crippen LogP contribution in [0.5, 0.6) is 0 Å². The molecular weight excluding hydrogens is 302 g/mol. The van der Waals surface area contributed by atoms with E-state index >= 15 is 0 Å². The Morgan fingerprint density at radius 3 is 2.75 bits per heavy atom. The molecule has 0 radical (unpaired) electrons. The molecule has 1 saturated carbocycles. The Morgan fingerprint density at radius 1 is 1.29 bits per heavy atom. The molecule has 1 heterocycles. The third-order valence-corrected chi connectivity index (χ3v) is 5.67. The second-order valence-electron chi connectivity index (χ2n) is 7.02. The lowest BCUT2D eigenvalue weighted by atomic mass is 9.69. The van der Waals surface area contributed by atoms with Crippen molar-refractivity contribution >= 4 is 12.2 Å². The number of methoxy groups -OCH3 is 1. The lowest BCUT2D eigenvalue weighted by Crippen LogP contribution is -2.60. The van der Waals surface area contributed by atoms with E-state index in [1.165, 1.54) is 12.7 Å². The summed E-state index contributed by atoms with van der Waals surface area (Å²) in [5.74, 6) is 0.683. The third-order valence-electron chi connectivity index (χ3n) is 5.67. The zero-order valence-electron chi connectivity index (χ0n) is 14.5. The van der Waals surface area contributed by atoms with E-state index in [-0.39, 0.29) is 18.2 Å². The van der Waals surface area contributed by atoms with Crippen LogP contribution >= 0.6 is 0 Å². The molecule has 4 nitrogen and oxygen atoms in total. The second-order valence-corrected chi connectivity index (χ2v) is 7.02. The number of hydrogen-bond acceptors (Lipinski definition) is 3. The van der Waals surface area contributed by atoms with Gasteiger partial charge in [-0.25, -0.2) is 4.79 Å². The Hall–Kier alpha value is -1.81. The van der Waals surface area contributed by atoms with Crippen molar-refractivity contribution in [3.63, 3.8) is 0 Å². The highest BCUT2D eigenvalue weighted by atomic mass is 16.5. The summed E-state index contributed by atoms with van der Waals surface area (Å²) in [4.78, 5) is 14.0. The first-order valence-corrected chi connectivity index (χ1v) is 8.89. The van der Waals surface area contributed by atoms with Crippen LogP contribution in [0.15, 0.2) is 36.4 Å². The van der Waals surface area contributed by atoms with Gasteiger partial charge in [0.25, 0.3) is 0 Å². The van der Waals surface area contributed by atoms with Gasteiger partial charge in [-0.15, -0.1) is 0 Å². The van der Waals surface area contributed by atoms with Crippen LogP contribution in [-0.2, 0) is 4.74 Å². The van der Waals surface area contributed by atoms with E-state index in [1.807, 2.05) is 25.1 Å². The SMILES string of the molecule is COC(=O)N1[C@@H]2CCC[C@@H](/C=C/c3ccccc3)[C@@H]2C[C@H](O)[C@@H]1C. The Balaban J connectivity index is 1.81. The van der Waals surface area contributed by atoms with Crippen LogP contribution in [0.4, 0.5) is 4.79 Å². The minimum atomic E-state index is -0.490. The van der Waals surface area contributed by atoms with Crippen molar-refractivity contribution in [3.05, 3.63) is 42.0 Å². The molecule has 130 valence electrons. The van der Waals surface area contributed by atoms with Gasteiger partial charge in [0.2, 0.25) is 0 Å². The highest BCUT2D eigenvalue weighted by Gasteiger charge is 2.46. The maximum absolute atomic E-state index is 12.2. The topological polar surface area (TPSA) is 49.8 Å². The molecular formula is C20H27NO3. The summed E-state index contributed by atoms with van der Waals surface area (Å²) < 4.78 is 4.98. The number of fused-ring (bicyclic) bond motifs is 1. The van der Waals surface area contributed by atoms with Gasteiger partial charge in [-0.3, -0.25) is 4.90 Å². The van der Waals surface area contributed by atoms with Crippen LogP contribution in [-0.4, -0.2) is 41.4 Å². The summed E-state index contributed by atoms with van der Waals surface area (Å²) >= 11 is 0. The third kappa shape index (κ3) is 3.34. The standard InChI is InChI=1S/C20H27NO3/c1-14-19(22)13-17-16(12-11-15-7-4-3-5-8-15)9-6-10-18(17)21(14)20(23)24-2/h3-5,7-8,11-12,14,16-19,22H,6,9-10,13H2,1-2H3/b12-11+/t14-,16-,17-,18+,19-/m0/s1. The molecule has 24 heavy (non-hydrogen) atoms. The lowest BCUT2D eigenvalue weighted by molar-refractivity contribution is -0.0595. The van der Waals surface area contributed by atoms with Crippen LogP contribution in [0.25, 0.3) is 6.08 Å². The fraction of sp³-hybridized carbons (Fsp3) is 0.550. The number of amides is 1. The first-order valence-electron chi connectivity index (χ1n) is 8.89. The molecule has 0 bridgehead atoms. The number of piperidine rings is 1. The fourth-order valence-corrected chi connectivity index (χ4v) is 4.36. The summed E-state index contributed by atoms with van der Waals surface area (Å²) in [6, 6.07) is 10.2. The van der Waals surface area contributed by atoms with Crippen molar-refractivity contribution in [2.24, 2.45) is 11.8 Å². The van der Waals surface area contributed by atoms with Gasteiger partial charge in [0.15, 0.2) is 0 Å². The smallest absolute Gasteiger partial charge is 0.410 e. The largest absolute Gasteiger partial charge is 0.453 e. The number of likely N-dealkylation sites (tertiary alicyclic amines) is 1. The quantitative estimate of drug-likeness (QED) is 0.900. The zero-order chi connectivity index (χ0) is 17.1. The number of aliphatic hydroxyl groups excluding tert-OH is 1. The van der Waals surface area contributed by atoms with Crippen molar-refractivity contribution in [2.45, 2.75) is 50.8 Å². The molecule has 1 aliphatic heterocycles. The van der Waals surface area contributed by atoms with Crippen LogP contribution in [0.2, 0.25) is 0 Å². The Labute approximate surface area is 144 Å². The summed E-state index contributed by atoms with van der Waals surface area (Å²) in [6.45, 7) is 1.92. The highest BCUT2D eigenvalue weighted by Crippen LogP contribution is 2.42. The maximum atomic E-state index is 12.2. The average Bonchev–Trinajstić information content (AvgIpc) is 2.61. The van der Waals surface area contributed by atoms with Crippen molar-refractivity contribution < 1.29 is 14.6 Å². The summed E-state index contributed by atoms with van der Waals surface area (Å²) in [5, 5.41) is 10.5. The van der Waals surface area contributed by atoms with Gasteiger partial charge < -0.3 is 9.84 Å². The van der Waals surface area contributed by atoms with E-state index in [0.717, 1.165) is 25.7 Å². The van der Waals surface area contributed by atoms with E-state index < -0.39 is 6.10 Å². The molecule has 2 aliphatic rings. The average molecular weight is 329 g/mol. The summed E-state index contributed by atoms with van der Waals surface area (Å²) in [7, 11) is 1.42. The molecule has 1 amide bonds. The molecule has 1 saturated heterocycles. The van der Waals surface area contributed by atoms with Gasteiger partial charge >= 0.3 is 6.09 Å². The number of nitrogens with zero attached hydrogens (tertiary/aromatic N) is 1. The summed E-state index contributed by atoms with van der Waals surface area (Å²) in [6.07, 6.45) is 7.59. The van der Waals surface area contributed by atoms with Crippen LogP contribution in [0, 0.1) is 11.8 Å². The van der Waals surface area contributed by atoms with Crippen LogP contribution in [0.3, 0.4) is 0 Å². The molecule has 0 aromatic heterocycles. The zero-order valence-corrected chi connectivity index (χ0v) is 14.5. The maximum Gasteiger partial charge on any atom is 0.410 e. The van der Waals surface area contributed by atoms with Crippen molar-refractivity contribution in [1.82, 2.24) is 4.90 Å². The monoisotopic (exact) mass is 329 g/mol. The van der Waals surface area contributed by atoms with Crippen molar-refractivity contribution in [2.75, 3.05) is 7.11 Å². The number of benzene rings is 1. The fourth-order valence-electron chi connectivity index (χ4n) is 4.36. The molecule has 4 heteroatoms. The predicted molar refractivity (Wildman–Crippen MR) is 94.4 cm³/mol. The summed E-state index contributed by atoms with van der Waals surface area (Å²) in [5.41, 5.74) is 1.19. The van der Waals surface area contributed by atoms with Gasteiger partial charge in [-0.1, -0.05) is 48.9 Å². The van der Waals surface area contributed by atoms with E-state index in [9.17, 15) is 9.90 Å². The lowest BCUT2D eigenvalue weighted by Gasteiger charge is -2.51. The molecule has 0 unspecified atom stereocenters. The first-order chi connectivity index (χ1) is 11.6.